The molecule has 0 radical (unpaired) electrons. The molecule has 2 saturated carbocycles. The van der Waals surface area contributed by atoms with Gasteiger partial charge in [0.15, 0.2) is 0 Å². The number of rotatable bonds is 5. The molecule has 2 aliphatic carbocycles. The van der Waals surface area contributed by atoms with Gasteiger partial charge in [0.1, 0.15) is 6.17 Å². The van der Waals surface area contributed by atoms with Crippen molar-refractivity contribution in [3.05, 3.63) is 0 Å². The molecule has 3 rings (SSSR count). The summed E-state index contributed by atoms with van der Waals surface area (Å²) in [5, 5.41) is 19.6. The lowest BCUT2D eigenvalue weighted by atomic mass is 9.66. The van der Waals surface area contributed by atoms with E-state index in [1.807, 2.05) is 4.72 Å². The molecule has 1 heterocycles. The average Bonchev–Trinajstić information content (AvgIpc) is 2.85. The fourth-order valence-corrected chi connectivity index (χ4v) is 5.93. The quantitative estimate of drug-likeness (QED) is 0.524. The Labute approximate surface area is 156 Å². The zero-order chi connectivity index (χ0) is 19.1. The number of alkyl halides is 2. The number of ether oxygens (including phenoxy) is 1. The van der Waals surface area contributed by atoms with Gasteiger partial charge in [-0.05, 0) is 37.5 Å². The van der Waals surface area contributed by atoms with Crippen LogP contribution in [0.5, 0.6) is 0 Å². The van der Waals surface area contributed by atoms with E-state index in [4.69, 9.17) is 16.3 Å². The second-order valence-electron chi connectivity index (χ2n) is 7.27. The second-order valence-corrected chi connectivity index (χ2v) is 9.20. The van der Waals surface area contributed by atoms with Crippen molar-refractivity contribution < 1.29 is 32.6 Å². The van der Waals surface area contributed by atoms with Crippen molar-refractivity contribution in [2.45, 2.75) is 56.2 Å². The molecule has 0 spiro atoms. The van der Waals surface area contributed by atoms with E-state index >= 15 is 4.39 Å². The zero-order valence-corrected chi connectivity index (χ0v) is 15.7. The lowest BCUT2D eigenvalue weighted by Crippen LogP contribution is -2.59. The summed E-state index contributed by atoms with van der Waals surface area (Å²) in [6, 6.07) is -1.29. The number of halogens is 2. The van der Waals surface area contributed by atoms with Gasteiger partial charge in [0, 0.05) is 0 Å². The van der Waals surface area contributed by atoms with Crippen LogP contribution in [0.3, 0.4) is 0 Å². The molecule has 8 nitrogen and oxygen atoms in total. The van der Waals surface area contributed by atoms with Gasteiger partial charge in [-0.15, -0.1) is 11.6 Å². The third-order valence-corrected chi connectivity index (χ3v) is 7.44. The van der Waals surface area contributed by atoms with Crippen LogP contribution in [0.15, 0.2) is 0 Å². The summed E-state index contributed by atoms with van der Waals surface area (Å²) < 4.78 is 47.7. The lowest BCUT2D eigenvalue weighted by molar-refractivity contribution is -0.122. The number of carbonyl (C=O) groups excluding carboxylic acids is 1. The molecule has 1 saturated heterocycles. The molecule has 3 N–H and O–H groups in total. The minimum Gasteiger partial charge on any atom is -0.394 e. The van der Waals surface area contributed by atoms with Crippen LogP contribution in [0, 0.1) is 11.8 Å². The molecule has 7 atom stereocenters. The molecular formula is C15H24ClFN2O6S. The molecule has 1 aliphatic heterocycles. The van der Waals surface area contributed by atoms with Gasteiger partial charge in [-0.3, -0.25) is 4.79 Å². The van der Waals surface area contributed by atoms with Gasteiger partial charge in [-0.2, -0.15) is 12.7 Å². The Kier molecular flexibility index (Phi) is 6.10. The number of aliphatic hydroxyl groups is 2. The monoisotopic (exact) mass is 414 g/mol. The summed E-state index contributed by atoms with van der Waals surface area (Å²) in [7, 11) is -4.13. The first-order chi connectivity index (χ1) is 12.3. The van der Waals surface area contributed by atoms with Gasteiger partial charge in [0.05, 0.1) is 43.4 Å². The van der Waals surface area contributed by atoms with Crippen molar-refractivity contribution in [2.75, 3.05) is 19.0 Å². The highest BCUT2D eigenvalue weighted by molar-refractivity contribution is 7.88. The standard InChI is InChI=1S/C15H24ClFN2O6S/c16-5-10(7-20)25-9-2-1-8-3-12(21)15(14(17)11(8)4-9)19-6-13(22)18-26(19,23)24/h8-12,14-15,20-21H,1-7H2,(H,18,22). The van der Waals surface area contributed by atoms with Crippen LogP contribution in [0.1, 0.15) is 25.7 Å². The maximum atomic E-state index is 15.3. The predicted octanol–water partition coefficient (Wildman–Crippen LogP) is -0.464. The summed E-state index contributed by atoms with van der Waals surface area (Å²) in [6.45, 7) is -0.713. The molecule has 26 heavy (non-hydrogen) atoms. The first-order valence-electron chi connectivity index (χ1n) is 8.73. The van der Waals surface area contributed by atoms with Gasteiger partial charge in [0.2, 0.25) is 5.91 Å². The van der Waals surface area contributed by atoms with E-state index in [2.05, 4.69) is 0 Å². The van der Waals surface area contributed by atoms with E-state index in [9.17, 15) is 23.4 Å². The van der Waals surface area contributed by atoms with E-state index in [-0.39, 0.29) is 30.9 Å². The van der Waals surface area contributed by atoms with Crippen LogP contribution in [-0.4, -0.2) is 78.4 Å². The van der Waals surface area contributed by atoms with Crippen molar-refractivity contribution in [2.24, 2.45) is 11.8 Å². The number of hydrogen-bond acceptors (Lipinski definition) is 6. The van der Waals surface area contributed by atoms with Crippen LogP contribution in [0.25, 0.3) is 0 Å². The Morgan fingerprint density at radius 1 is 1.38 bits per heavy atom. The summed E-state index contributed by atoms with van der Waals surface area (Å²) in [6.07, 6.45) is -1.64. The number of amides is 1. The molecule has 0 aromatic carbocycles. The van der Waals surface area contributed by atoms with Gasteiger partial charge in [-0.25, -0.2) is 9.11 Å². The topological polar surface area (TPSA) is 116 Å². The largest absolute Gasteiger partial charge is 0.394 e. The molecule has 7 unspecified atom stereocenters. The Balaban J connectivity index is 1.74. The molecule has 0 bridgehead atoms. The third-order valence-electron chi connectivity index (χ3n) is 5.62. The van der Waals surface area contributed by atoms with Crippen molar-refractivity contribution in [1.29, 1.82) is 0 Å². The number of aliphatic hydroxyl groups excluding tert-OH is 2. The molecule has 3 fully saturated rings. The maximum absolute atomic E-state index is 15.3. The van der Waals surface area contributed by atoms with E-state index in [1.54, 1.807) is 0 Å². The fraction of sp³-hybridized carbons (Fsp3) is 0.933. The predicted molar refractivity (Wildman–Crippen MR) is 90.4 cm³/mol. The summed E-state index contributed by atoms with van der Waals surface area (Å²) in [5.41, 5.74) is 0. The number of nitrogens with zero attached hydrogens (tertiary/aromatic N) is 1. The fourth-order valence-electron chi connectivity index (χ4n) is 4.43. The normalized spacial score (nSPS) is 41.5. The van der Waals surface area contributed by atoms with Crippen LogP contribution in [0.4, 0.5) is 4.39 Å². The lowest BCUT2D eigenvalue weighted by Gasteiger charge is -2.48. The van der Waals surface area contributed by atoms with Crippen molar-refractivity contribution in [3.63, 3.8) is 0 Å². The summed E-state index contributed by atoms with van der Waals surface area (Å²) in [5.74, 6) is -1.16. The van der Waals surface area contributed by atoms with Crippen LogP contribution < -0.4 is 4.72 Å². The number of carbonyl (C=O) groups is 1. The summed E-state index contributed by atoms with van der Waals surface area (Å²) in [4.78, 5) is 11.5. The highest BCUT2D eigenvalue weighted by atomic mass is 35.5. The smallest absolute Gasteiger partial charge is 0.304 e. The van der Waals surface area contributed by atoms with Gasteiger partial charge < -0.3 is 14.9 Å². The molecule has 1 amide bonds. The van der Waals surface area contributed by atoms with Crippen LogP contribution in [-0.2, 0) is 19.7 Å². The van der Waals surface area contributed by atoms with Crippen molar-refractivity contribution in [3.8, 4) is 0 Å². The van der Waals surface area contributed by atoms with E-state index in [0.717, 1.165) is 4.31 Å². The van der Waals surface area contributed by atoms with Crippen molar-refractivity contribution >= 4 is 27.7 Å². The highest BCUT2D eigenvalue weighted by Crippen LogP contribution is 2.45. The molecule has 0 aromatic rings. The third kappa shape index (κ3) is 3.85. The Hall–Kier alpha value is -0.520. The van der Waals surface area contributed by atoms with Gasteiger partial charge >= 0.3 is 10.2 Å². The van der Waals surface area contributed by atoms with E-state index in [0.29, 0.717) is 19.3 Å². The zero-order valence-electron chi connectivity index (χ0n) is 14.1. The minimum absolute atomic E-state index is 0.0753. The molecule has 150 valence electrons. The second kappa shape index (κ2) is 7.84. The first-order valence-corrected chi connectivity index (χ1v) is 10.7. The van der Waals surface area contributed by atoms with E-state index in [1.165, 1.54) is 0 Å². The van der Waals surface area contributed by atoms with Crippen LogP contribution in [0.2, 0.25) is 0 Å². The number of hydrogen-bond donors (Lipinski definition) is 3. The maximum Gasteiger partial charge on any atom is 0.304 e. The first kappa shape index (κ1) is 20.2. The molecule has 3 aliphatic rings. The van der Waals surface area contributed by atoms with E-state index < -0.39 is 53.0 Å². The van der Waals surface area contributed by atoms with Crippen LogP contribution >= 0.6 is 11.6 Å². The molecule has 11 heteroatoms. The summed E-state index contributed by atoms with van der Waals surface area (Å²) >= 11 is 5.72. The Bertz CT molecular complexity index is 634. The molecular weight excluding hydrogens is 391 g/mol. The Morgan fingerprint density at radius 3 is 2.69 bits per heavy atom. The average molecular weight is 415 g/mol. The SMILES string of the molecule is O=C1CN(C2C(O)CC3CCC(OC(CO)CCl)CC3C2F)S(=O)(=O)N1. The highest BCUT2D eigenvalue weighted by Gasteiger charge is 2.53. The number of nitrogens with one attached hydrogen (secondary N) is 1. The van der Waals surface area contributed by atoms with Crippen molar-refractivity contribution in [1.82, 2.24) is 9.03 Å². The minimum atomic E-state index is -4.13. The molecule has 0 aromatic heterocycles. The van der Waals surface area contributed by atoms with Gasteiger partial charge in [0.25, 0.3) is 0 Å². The Morgan fingerprint density at radius 2 is 2.12 bits per heavy atom. The number of fused-ring (bicyclic) bond motifs is 1. The van der Waals surface area contributed by atoms with Gasteiger partial charge in [-0.1, -0.05) is 0 Å².